The molecule has 0 bridgehead atoms. The Hall–Kier alpha value is -0.348. The van der Waals surface area contributed by atoms with E-state index in [1.165, 1.54) is 0 Å². The second-order valence-corrected chi connectivity index (χ2v) is 1.01. The van der Waals surface area contributed by atoms with Crippen LogP contribution in [0, 0.1) is 0 Å². The van der Waals surface area contributed by atoms with Crippen molar-refractivity contribution in [2.45, 2.75) is 0 Å². The Morgan fingerprint density at radius 3 is 1.90 bits per heavy atom. The van der Waals surface area contributed by atoms with Gasteiger partial charge in [-0.1, -0.05) is 0 Å². The minimum atomic E-state index is -2.45. The van der Waals surface area contributed by atoms with Crippen LogP contribution in [-0.4, -0.2) is 48.2 Å². The van der Waals surface area contributed by atoms with E-state index in [4.69, 9.17) is 10.0 Å². The van der Waals surface area contributed by atoms with E-state index in [0.29, 0.717) is 0 Å². The van der Waals surface area contributed by atoms with Crippen molar-refractivity contribution in [3.8, 4) is 0 Å². The van der Waals surface area contributed by atoms with Crippen LogP contribution in [0.2, 0.25) is 0 Å². The number of halogens is 1. The first-order valence-corrected chi connectivity index (χ1v) is 1.80. The summed E-state index contributed by atoms with van der Waals surface area (Å²) < 4.78 is 14.4. The molecule has 0 atom stereocenters. The number of rotatable bonds is 2. The summed E-state index contributed by atoms with van der Waals surface area (Å²) in [6.45, 7) is 0. The molecule has 0 spiro atoms. The maximum absolute atomic E-state index is 11.1. The van der Waals surface area contributed by atoms with Gasteiger partial charge in [-0.15, -0.1) is 0 Å². The molecule has 0 aromatic carbocycles. The summed E-state index contributed by atoms with van der Waals surface area (Å²) in [4.78, 5) is 19.0. The number of carbonyl (C=O) groups is 2. The van der Waals surface area contributed by atoms with Gasteiger partial charge in [-0.2, -0.15) is 4.39 Å². The molecule has 10 heavy (non-hydrogen) atoms. The van der Waals surface area contributed by atoms with E-state index in [1.54, 1.807) is 0 Å². The van der Waals surface area contributed by atoms with Gasteiger partial charge in [0.25, 0.3) is 0 Å². The van der Waals surface area contributed by atoms with Crippen molar-refractivity contribution in [1.82, 2.24) is 0 Å². The van der Waals surface area contributed by atoms with E-state index < -0.39 is 19.3 Å². The summed E-state index contributed by atoms with van der Waals surface area (Å²) in [5.74, 6) is -1.93. The van der Waals surface area contributed by atoms with Crippen molar-refractivity contribution in [2.75, 3.05) is 0 Å². The molecule has 0 aliphatic rings. The third-order valence-corrected chi connectivity index (χ3v) is 0.373. The van der Waals surface area contributed by atoms with Crippen molar-refractivity contribution in [1.29, 1.82) is 0 Å². The summed E-state index contributed by atoms with van der Waals surface area (Å²) in [7, 11) is -2.45. The van der Waals surface area contributed by atoms with Crippen LogP contribution >= 0.6 is 0 Å². The zero-order valence-corrected chi connectivity index (χ0v) is 4.07. The van der Waals surface area contributed by atoms with Gasteiger partial charge in [0.05, 0.1) is 0 Å². The van der Waals surface area contributed by atoms with Gasteiger partial charge in [-0.05, 0) is 0 Å². The number of carbonyl (C=O) groups excluding carboxylic acids is 2. The molecule has 0 fully saturated rings. The van der Waals surface area contributed by atoms with Gasteiger partial charge >= 0.3 is 38.2 Å². The number of hydrogen-bond donors (Lipinski definition) is 2. The van der Waals surface area contributed by atoms with Crippen molar-refractivity contribution in [3.05, 3.63) is 0 Å². The Morgan fingerprint density at radius 2 is 1.80 bits per heavy atom. The van der Waals surface area contributed by atoms with Gasteiger partial charge < -0.3 is 14.7 Å². The van der Waals surface area contributed by atoms with E-state index in [-0.39, 0.29) is 18.9 Å². The molecular weight excluding hydrogens is 141 g/mol. The van der Waals surface area contributed by atoms with Gasteiger partial charge in [0, 0.05) is 0 Å². The fraction of sp³-hybridized carbons (Fsp3) is 0. The second-order valence-electron chi connectivity index (χ2n) is 1.01. The molecule has 0 amide bonds. The molecule has 0 aromatic rings. The predicted octanol–water partition coefficient (Wildman–Crippen LogP) is -2.65. The Labute approximate surface area is 67.5 Å². The monoisotopic (exact) mass is 144 g/mol. The van der Waals surface area contributed by atoms with Crippen LogP contribution in [0.3, 0.4) is 0 Å². The third kappa shape index (κ3) is 5.78. The molecule has 0 heterocycles. The molecular formula is C2H3BFLiO5. The van der Waals surface area contributed by atoms with Crippen LogP contribution in [0.1, 0.15) is 0 Å². The average molecular weight is 144 g/mol. The van der Waals surface area contributed by atoms with Crippen LogP contribution < -0.4 is 0 Å². The number of hydrogen-bond acceptors (Lipinski definition) is 5. The van der Waals surface area contributed by atoms with Crippen LogP contribution in [0.15, 0.2) is 0 Å². The molecule has 0 saturated carbocycles. The molecule has 0 aromatic heterocycles. The Morgan fingerprint density at radius 1 is 1.40 bits per heavy atom. The van der Waals surface area contributed by atoms with Crippen molar-refractivity contribution in [3.63, 3.8) is 0 Å². The van der Waals surface area contributed by atoms with E-state index in [0.717, 1.165) is 0 Å². The Balaban J connectivity index is 0. The molecule has 0 aliphatic carbocycles. The summed E-state index contributed by atoms with van der Waals surface area (Å²) in [5, 5.41) is 15.5. The Bertz CT molecular complexity index is 138. The fourth-order valence-corrected chi connectivity index (χ4v) is 0.142. The normalized spacial score (nSPS) is 7.50. The van der Waals surface area contributed by atoms with E-state index >= 15 is 0 Å². The zero-order chi connectivity index (χ0) is 7.44. The zero-order valence-electron chi connectivity index (χ0n) is 4.07. The predicted molar refractivity (Wildman–Crippen MR) is 29.5 cm³/mol. The third-order valence-electron chi connectivity index (χ3n) is 0.373. The minimum absolute atomic E-state index is 0. The SMILES string of the molecule is O=C(F)C(=O)OB(O)O.[LiH]. The van der Waals surface area contributed by atoms with Crippen LogP contribution in [-0.2, 0) is 14.2 Å². The summed E-state index contributed by atoms with van der Waals surface area (Å²) >= 11 is 0. The molecule has 5 nitrogen and oxygen atoms in total. The summed E-state index contributed by atoms with van der Waals surface area (Å²) in [6.07, 6.45) is 0. The van der Waals surface area contributed by atoms with Gasteiger partial charge in [0.15, 0.2) is 0 Å². The fourth-order valence-electron chi connectivity index (χ4n) is 0.142. The van der Waals surface area contributed by atoms with Gasteiger partial charge in [-0.3, -0.25) is 0 Å². The van der Waals surface area contributed by atoms with E-state index in [9.17, 15) is 14.0 Å². The molecule has 0 unspecified atom stereocenters. The quantitative estimate of drug-likeness (QED) is 0.251. The summed E-state index contributed by atoms with van der Waals surface area (Å²) in [6, 6.07) is -2.37. The van der Waals surface area contributed by atoms with Crippen LogP contribution in [0.25, 0.3) is 0 Å². The van der Waals surface area contributed by atoms with Gasteiger partial charge in [0.1, 0.15) is 0 Å². The van der Waals surface area contributed by atoms with Crippen molar-refractivity contribution in [2.24, 2.45) is 0 Å². The molecule has 0 aliphatic heterocycles. The first-order valence-electron chi connectivity index (χ1n) is 1.80. The molecule has 52 valence electrons. The van der Waals surface area contributed by atoms with Crippen molar-refractivity contribution >= 4 is 38.2 Å². The van der Waals surface area contributed by atoms with E-state index in [2.05, 4.69) is 4.65 Å². The van der Waals surface area contributed by atoms with Crippen LogP contribution in [0.4, 0.5) is 4.39 Å². The summed E-state index contributed by atoms with van der Waals surface area (Å²) in [5.41, 5.74) is 0. The van der Waals surface area contributed by atoms with Gasteiger partial charge in [0.2, 0.25) is 0 Å². The topological polar surface area (TPSA) is 83.8 Å². The molecule has 0 saturated heterocycles. The first-order chi connectivity index (χ1) is 4.04. The standard InChI is InChI=1S/C2H2BFO5.Li.H/c4-1(5)2(6)9-3(7)8;;/h7-8H;;. The first kappa shape index (κ1) is 12.3. The van der Waals surface area contributed by atoms with E-state index in [1.807, 2.05) is 0 Å². The molecule has 0 radical (unpaired) electrons. The second kappa shape index (κ2) is 5.44. The van der Waals surface area contributed by atoms with Crippen molar-refractivity contribution < 1.29 is 28.7 Å². The molecule has 2 N–H and O–H groups in total. The maximum atomic E-state index is 11.1. The van der Waals surface area contributed by atoms with Gasteiger partial charge in [-0.25, -0.2) is 9.59 Å². The Kier molecular flexibility index (Phi) is 6.71. The van der Waals surface area contributed by atoms with Crippen LogP contribution in [0.5, 0.6) is 0 Å². The average Bonchev–Trinajstić information content (AvgIpc) is 1.63. The molecule has 0 rings (SSSR count). The molecule has 8 heteroatoms.